The van der Waals surface area contributed by atoms with E-state index in [2.05, 4.69) is 11.2 Å². The Morgan fingerprint density at radius 2 is 1.96 bits per heavy atom. The van der Waals surface area contributed by atoms with Crippen molar-refractivity contribution in [3.63, 3.8) is 0 Å². The van der Waals surface area contributed by atoms with Gasteiger partial charge in [0.2, 0.25) is 0 Å². The molecule has 0 bridgehead atoms. The van der Waals surface area contributed by atoms with Gasteiger partial charge in [0.15, 0.2) is 17.7 Å². The molecule has 1 amide bonds. The van der Waals surface area contributed by atoms with Crippen molar-refractivity contribution in [1.82, 2.24) is 14.7 Å². The van der Waals surface area contributed by atoms with Crippen molar-refractivity contribution in [2.75, 3.05) is 6.54 Å². The summed E-state index contributed by atoms with van der Waals surface area (Å²) in [6.45, 7) is 2.71. The Hall–Kier alpha value is -3.15. The molecule has 0 spiro atoms. The van der Waals surface area contributed by atoms with Gasteiger partial charge in [-0.1, -0.05) is 36.4 Å². The first kappa shape index (κ1) is 18.2. The van der Waals surface area contributed by atoms with Crippen LogP contribution in [0.1, 0.15) is 29.5 Å². The molecule has 1 aliphatic rings. The summed E-state index contributed by atoms with van der Waals surface area (Å²) in [6, 6.07) is 14.3. The largest absolute Gasteiger partial charge is 0.478 e. The molecule has 4 rings (SSSR count). The maximum Gasteiger partial charge on any atom is 0.263 e. The Labute approximate surface area is 163 Å². The van der Waals surface area contributed by atoms with Crippen LogP contribution in [0.4, 0.5) is 4.39 Å². The number of fused-ring (bicyclic) bond motifs is 1. The summed E-state index contributed by atoms with van der Waals surface area (Å²) >= 11 is 0. The van der Waals surface area contributed by atoms with E-state index in [4.69, 9.17) is 4.74 Å². The van der Waals surface area contributed by atoms with E-state index in [0.29, 0.717) is 13.1 Å². The summed E-state index contributed by atoms with van der Waals surface area (Å²) in [7, 11) is 1.88. The zero-order valence-corrected chi connectivity index (χ0v) is 15.9. The third-order valence-corrected chi connectivity index (χ3v) is 5.12. The van der Waals surface area contributed by atoms with Crippen LogP contribution >= 0.6 is 0 Å². The number of nitrogens with zero attached hydrogens (tertiary/aromatic N) is 3. The highest BCUT2D eigenvalue weighted by molar-refractivity contribution is 5.81. The molecule has 5 nitrogen and oxygen atoms in total. The van der Waals surface area contributed by atoms with Gasteiger partial charge in [-0.25, -0.2) is 4.39 Å². The van der Waals surface area contributed by atoms with Crippen molar-refractivity contribution < 1.29 is 13.9 Å². The van der Waals surface area contributed by atoms with Crippen LogP contribution in [-0.4, -0.2) is 33.2 Å². The molecule has 0 N–H and O–H groups in total. The van der Waals surface area contributed by atoms with E-state index in [1.807, 2.05) is 37.6 Å². The average Bonchev–Trinajstić information content (AvgIpc) is 3.14. The van der Waals surface area contributed by atoms with Crippen molar-refractivity contribution >= 4 is 5.91 Å². The Morgan fingerprint density at radius 1 is 1.21 bits per heavy atom. The minimum Gasteiger partial charge on any atom is -0.478 e. The molecular weight excluding hydrogens is 357 g/mol. The summed E-state index contributed by atoms with van der Waals surface area (Å²) < 4.78 is 21.3. The SMILES string of the molecule is C[C@@H](Oc1ccccc1F)C(=O)N1Cc2ccccc2[C@@H](c2cnn(C)c2)C1. The highest BCUT2D eigenvalue weighted by atomic mass is 19.1. The molecular formula is C22H22FN3O2. The summed E-state index contributed by atoms with van der Waals surface area (Å²) in [5.41, 5.74) is 3.38. The molecule has 2 atom stereocenters. The molecule has 0 unspecified atom stereocenters. The van der Waals surface area contributed by atoms with Crippen molar-refractivity contribution in [3.8, 4) is 5.75 Å². The number of aromatic nitrogens is 2. The molecule has 2 aromatic carbocycles. The number of carbonyl (C=O) groups excluding carboxylic acids is 1. The fraction of sp³-hybridized carbons (Fsp3) is 0.273. The van der Waals surface area contributed by atoms with E-state index in [-0.39, 0.29) is 17.6 Å². The monoisotopic (exact) mass is 379 g/mol. The summed E-state index contributed by atoms with van der Waals surface area (Å²) in [5.74, 6) is -0.501. The molecule has 1 aromatic heterocycles. The van der Waals surface area contributed by atoms with Crippen LogP contribution in [0, 0.1) is 5.82 Å². The third-order valence-electron chi connectivity index (χ3n) is 5.12. The Morgan fingerprint density at radius 3 is 2.71 bits per heavy atom. The van der Waals surface area contributed by atoms with Crippen LogP contribution < -0.4 is 4.74 Å². The normalized spacial score (nSPS) is 17.1. The predicted octanol–water partition coefficient (Wildman–Crippen LogP) is 3.50. The first-order valence-electron chi connectivity index (χ1n) is 9.29. The van der Waals surface area contributed by atoms with E-state index in [1.165, 1.54) is 17.7 Å². The van der Waals surface area contributed by atoms with Crippen LogP contribution in [0.5, 0.6) is 5.75 Å². The zero-order chi connectivity index (χ0) is 19.7. The van der Waals surface area contributed by atoms with Crippen molar-refractivity contribution in [2.45, 2.75) is 25.5 Å². The highest BCUT2D eigenvalue weighted by Gasteiger charge is 2.32. The van der Waals surface area contributed by atoms with Crippen LogP contribution in [0.3, 0.4) is 0 Å². The zero-order valence-electron chi connectivity index (χ0n) is 15.9. The fourth-order valence-electron chi connectivity index (χ4n) is 3.72. The Kier molecular flexibility index (Phi) is 4.86. The number of ether oxygens (including phenoxy) is 1. The molecule has 28 heavy (non-hydrogen) atoms. The quantitative estimate of drug-likeness (QED) is 0.697. The van der Waals surface area contributed by atoms with Crippen LogP contribution in [-0.2, 0) is 18.4 Å². The lowest BCUT2D eigenvalue weighted by Gasteiger charge is -2.35. The molecule has 3 aromatic rings. The maximum atomic E-state index is 13.9. The second-order valence-corrected chi connectivity index (χ2v) is 7.11. The van der Waals surface area contributed by atoms with Crippen molar-refractivity contribution in [1.29, 1.82) is 0 Å². The van der Waals surface area contributed by atoms with Gasteiger partial charge in [-0.3, -0.25) is 9.48 Å². The molecule has 0 saturated heterocycles. The van der Waals surface area contributed by atoms with E-state index >= 15 is 0 Å². The molecule has 0 aliphatic carbocycles. The van der Waals surface area contributed by atoms with E-state index in [0.717, 1.165) is 11.1 Å². The molecule has 0 saturated carbocycles. The van der Waals surface area contributed by atoms with Gasteiger partial charge in [0, 0.05) is 32.3 Å². The predicted molar refractivity (Wildman–Crippen MR) is 103 cm³/mol. The fourth-order valence-corrected chi connectivity index (χ4v) is 3.72. The lowest BCUT2D eigenvalue weighted by molar-refractivity contribution is -0.139. The van der Waals surface area contributed by atoms with E-state index in [1.54, 1.807) is 28.6 Å². The minimum absolute atomic E-state index is 0.0447. The number of aryl methyl sites for hydroxylation is 1. The minimum atomic E-state index is -0.781. The first-order chi connectivity index (χ1) is 13.5. The van der Waals surface area contributed by atoms with E-state index < -0.39 is 11.9 Å². The first-order valence-corrected chi connectivity index (χ1v) is 9.29. The Bertz CT molecular complexity index is 1000. The standard InChI is InChI=1S/C22H22FN3O2/c1-15(28-21-10-6-5-9-20(21)23)22(27)26-13-16-7-3-4-8-18(16)19(14-26)17-11-24-25(2)12-17/h3-12,15,19H,13-14H2,1-2H3/t15-,19-/m1/s1. The second kappa shape index (κ2) is 7.46. The van der Waals surface area contributed by atoms with Crippen LogP contribution in [0.2, 0.25) is 0 Å². The maximum absolute atomic E-state index is 13.9. The van der Waals surface area contributed by atoms with Gasteiger partial charge in [0.1, 0.15) is 0 Å². The van der Waals surface area contributed by atoms with Crippen LogP contribution in [0.15, 0.2) is 60.9 Å². The van der Waals surface area contributed by atoms with Crippen LogP contribution in [0.25, 0.3) is 0 Å². The molecule has 144 valence electrons. The molecule has 6 heteroatoms. The summed E-state index contributed by atoms with van der Waals surface area (Å²) in [6.07, 6.45) is 3.04. The van der Waals surface area contributed by atoms with Gasteiger partial charge in [0.05, 0.1) is 6.20 Å². The number of para-hydroxylation sites is 1. The number of carbonyl (C=O) groups is 1. The number of benzene rings is 2. The topological polar surface area (TPSA) is 47.4 Å². The van der Waals surface area contributed by atoms with Gasteiger partial charge in [-0.2, -0.15) is 5.10 Å². The molecule has 0 fully saturated rings. The number of halogens is 1. The smallest absolute Gasteiger partial charge is 0.263 e. The number of rotatable bonds is 4. The summed E-state index contributed by atoms with van der Waals surface area (Å²) in [5, 5.41) is 4.28. The van der Waals surface area contributed by atoms with Crippen molar-refractivity contribution in [3.05, 3.63) is 83.4 Å². The lowest BCUT2D eigenvalue weighted by Crippen LogP contribution is -2.44. The van der Waals surface area contributed by atoms with Gasteiger partial charge >= 0.3 is 0 Å². The summed E-state index contributed by atoms with van der Waals surface area (Å²) in [4.78, 5) is 14.8. The number of hydrogen-bond donors (Lipinski definition) is 0. The highest BCUT2D eigenvalue weighted by Crippen LogP contribution is 2.33. The molecule has 1 aliphatic heterocycles. The third kappa shape index (κ3) is 3.50. The molecule has 0 radical (unpaired) electrons. The van der Waals surface area contributed by atoms with E-state index in [9.17, 15) is 9.18 Å². The van der Waals surface area contributed by atoms with Gasteiger partial charge in [-0.05, 0) is 35.7 Å². The van der Waals surface area contributed by atoms with Gasteiger partial charge in [0.25, 0.3) is 5.91 Å². The lowest BCUT2D eigenvalue weighted by atomic mass is 9.86. The second-order valence-electron chi connectivity index (χ2n) is 7.11. The molecule has 2 heterocycles. The van der Waals surface area contributed by atoms with Gasteiger partial charge in [-0.15, -0.1) is 0 Å². The Balaban J connectivity index is 1.58. The number of amides is 1. The van der Waals surface area contributed by atoms with Crippen molar-refractivity contribution in [2.24, 2.45) is 7.05 Å². The number of hydrogen-bond acceptors (Lipinski definition) is 3. The van der Waals surface area contributed by atoms with Gasteiger partial charge < -0.3 is 9.64 Å². The average molecular weight is 379 g/mol.